The molecule has 1 N–H and O–H groups in total. The number of rotatable bonds is 4. The van der Waals surface area contributed by atoms with Gasteiger partial charge in [0.25, 0.3) is 0 Å². The fourth-order valence-electron chi connectivity index (χ4n) is 10.1. The molecule has 0 saturated heterocycles. The van der Waals surface area contributed by atoms with Crippen molar-refractivity contribution < 1.29 is 24.2 Å². The standard InChI is InChI=1S/C12H20O3.C11H18O2.C10H18/c1-7-8(2)10-5-9(7)6-11(10)12(14)15-4-3-13;1-6-7(2)9-4-8(6)5-10(9)11(12)13-3;1-6-4-9-5-10(6)8(3)7(9)2/h7-11,13H,3-6H2,1-2H3;6-10H,4-5H2,1-3H3;6-10H,4-5H2,1-3H3. The van der Waals surface area contributed by atoms with Crippen molar-refractivity contribution in [3.8, 4) is 0 Å². The normalized spacial score (nSPS) is 49.2. The zero-order valence-electron chi connectivity index (χ0n) is 25.4. The van der Waals surface area contributed by atoms with Gasteiger partial charge in [-0.1, -0.05) is 48.5 Å². The first-order valence-electron chi connectivity index (χ1n) is 15.8. The van der Waals surface area contributed by atoms with Gasteiger partial charge in [-0.3, -0.25) is 9.59 Å². The van der Waals surface area contributed by atoms with Crippen molar-refractivity contribution in [2.75, 3.05) is 20.3 Å². The maximum absolute atomic E-state index is 11.7. The van der Waals surface area contributed by atoms with Crippen molar-refractivity contribution in [3.05, 3.63) is 0 Å². The first-order valence-corrected chi connectivity index (χ1v) is 15.8. The maximum Gasteiger partial charge on any atom is 0.309 e. The molecule has 0 aliphatic heterocycles. The van der Waals surface area contributed by atoms with Crippen LogP contribution in [0.15, 0.2) is 0 Å². The average molecular weight is 533 g/mol. The van der Waals surface area contributed by atoms with Gasteiger partial charge in [-0.05, 0) is 115 Å². The predicted molar refractivity (Wildman–Crippen MR) is 150 cm³/mol. The molecule has 6 bridgehead atoms. The molecule has 15 unspecified atom stereocenters. The molecule has 0 aromatic rings. The third kappa shape index (κ3) is 5.56. The van der Waals surface area contributed by atoms with Gasteiger partial charge in [0.2, 0.25) is 0 Å². The highest BCUT2D eigenvalue weighted by atomic mass is 16.5. The van der Waals surface area contributed by atoms with E-state index in [0.717, 1.165) is 66.1 Å². The summed E-state index contributed by atoms with van der Waals surface area (Å²) in [7, 11) is 1.50. The number of hydrogen-bond acceptors (Lipinski definition) is 5. The summed E-state index contributed by atoms with van der Waals surface area (Å²) in [5, 5.41) is 8.61. The molecule has 0 amide bonds. The molecule has 6 saturated carbocycles. The number of esters is 2. The molecule has 15 atom stereocenters. The number of fused-ring (bicyclic) bond motifs is 6. The summed E-state index contributed by atoms with van der Waals surface area (Å²) in [5.41, 5.74) is 0. The van der Waals surface area contributed by atoms with Crippen LogP contribution in [-0.2, 0) is 19.1 Å². The Kier molecular flexibility index (Phi) is 9.58. The van der Waals surface area contributed by atoms with Crippen molar-refractivity contribution in [2.45, 2.75) is 87.0 Å². The quantitative estimate of drug-likeness (QED) is 0.420. The van der Waals surface area contributed by atoms with E-state index in [-0.39, 0.29) is 37.0 Å². The molecule has 218 valence electrons. The molecule has 6 aliphatic carbocycles. The van der Waals surface area contributed by atoms with Crippen molar-refractivity contribution >= 4 is 11.9 Å². The number of carbonyl (C=O) groups is 2. The van der Waals surface area contributed by atoms with Gasteiger partial charge < -0.3 is 14.6 Å². The van der Waals surface area contributed by atoms with Crippen molar-refractivity contribution in [1.82, 2.24) is 0 Å². The predicted octanol–water partition coefficient (Wildman–Crippen LogP) is 6.47. The van der Waals surface area contributed by atoms with Gasteiger partial charge in [-0.25, -0.2) is 0 Å². The van der Waals surface area contributed by atoms with Gasteiger partial charge >= 0.3 is 11.9 Å². The summed E-state index contributed by atoms with van der Waals surface area (Å²) in [6.45, 7) is 16.6. The third-order valence-electron chi connectivity index (χ3n) is 13.2. The first-order chi connectivity index (χ1) is 18.0. The molecular weight excluding hydrogens is 476 g/mol. The second-order valence-corrected chi connectivity index (χ2v) is 14.4. The van der Waals surface area contributed by atoms with Gasteiger partial charge in [0, 0.05) is 0 Å². The Morgan fingerprint density at radius 3 is 1.37 bits per heavy atom. The lowest BCUT2D eigenvalue weighted by molar-refractivity contribution is -0.152. The van der Waals surface area contributed by atoms with Crippen LogP contribution >= 0.6 is 0 Å². The van der Waals surface area contributed by atoms with Crippen LogP contribution in [-0.4, -0.2) is 37.4 Å². The summed E-state index contributed by atoms with van der Waals surface area (Å²) in [6, 6.07) is 0. The van der Waals surface area contributed by atoms with Crippen LogP contribution in [0.3, 0.4) is 0 Å². The van der Waals surface area contributed by atoms with Gasteiger partial charge in [-0.2, -0.15) is 0 Å². The summed E-state index contributed by atoms with van der Waals surface area (Å²) >= 11 is 0. The van der Waals surface area contributed by atoms with E-state index in [0.29, 0.717) is 23.7 Å². The molecule has 0 aromatic heterocycles. The Bertz CT molecular complexity index is 820. The topological polar surface area (TPSA) is 72.8 Å². The molecule has 38 heavy (non-hydrogen) atoms. The third-order valence-corrected chi connectivity index (χ3v) is 13.2. The second kappa shape index (κ2) is 12.2. The van der Waals surface area contributed by atoms with Crippen molar-refractivity contribution in [2.24, 2.45) is 88.8 Å². The van der Waals surface area contributed by atoms with Crippen molar-refractivity contribution in [3.63, 3.8) is 0 Å². The monoisotopic (exact) mass is 532 g/mol. The molecule has 6 aliphatic rings. The number of ether oxygens (including phenoxy) is 2. The van der Waals surface area contributed by atoms with Gasteiger partial charge in [0.1, 0.15) is 6.61 Å². The minimum Gasteiger partial charge on any atom is -0.469 e. The summed E-state index contributed by atoms with van der Waals surface area (Å²) in [4.78, 5) is 23.1. The summed E-state index contributed by atoms with van der Waals surface area (Å²) in [5.74, 6) is 11.1. The maximum atomic E-state index is 11.7. The number of aliphatic hydroxyl groups excluding tert-OH is 1. The number of methoxy groups -OCH3 is 1. The molecular formula is C33H56O5. The largest absolute Gasteiger partial charge is 0.469 e. The zero-order valence-corrected chi connectivity index (χ0v) is 25.4. The molecule has 6 rings (SSSR count). The Morgan fingerprint density at radius 1 is 0.605 bits per heavy atom. The van der Waals surface area contributed by atoms with Crippen LogP contribution in [0, 0.1) is 88.8 Å². The van der Waals surface area contributed by atoms with E-state index in [1.54, 1.807) is 6.42 Å². The molecule has 6 fully saturated rings. The lowest BCUT2D eigenvalue weighted by atomic mass is 9.76. The SMILES string of the molecule is CC1C2CC(C(=O)OCCO)C(C2)C1C.CC1CC2CC1C(C)C2C.COC(=O)C1CC2CC1C(C)C2C. The lowest BCUT2D eigenvalue weighted by Crippen LogP contribution is -2.31. The van der Waals surface area contributed by atoms with Crippen molar-refractivity contribution in [1.29, 1.82) is 0 Å². The highest BCUT2D eigenvalue weighted by molar-refractivity contribution is 5.74. The van der Waals surface area contributed by atoms with Crippen LogP contribution in [0.4, 0.5) is 0 Å². The van der Waals surface area contributed by atoms with Crippen LogP contribution in [0.1, 0.15) is 87.0 Å². The van der Waals surface area contributed by atoms with Crippen LogP contribution in [0.2, 0.25) is 0 Å². The van der Waals surface area contributed by atoms with E-state index in [9.17, 15) is 9.59 Å². The van der Waals surface area contributed by atoms with E-state index < -0.39 is 0 Å². The smallest absolute Gasteiger partial charge is 0.309 e. The highest BCUT2D eigenvalue weighted by Gasteiger charge is 2.52. The summed E-state index contributed by atoms with van der Waals surface area (Å²) < 4.78 is 9.85. The van der Waals surface area contributed by atoms with E-state index in [1.807, 2.05) is 0 Å². The Labute approximate surface area is 232 Å². The summed E-state index contributed by atoms with van der Waals surface area (Å²) in [6.07, 6.45) is 7.59. The zero-order chi connectivity index (χ0) is 27.9. The molecule has 0 aromatic carbocycles. The molecule has 5 nitrogen and oxygen atoms in total. The molecule has 5 heteroatoms. The highest BCUT2D eigenvalue weighted by Crippen LogP contribution is 2.56. The van der Waals surface area contributed by atoms with E-state index >= 15 is 0 Å². The van der Waals surface area contributed by atoms with Gasteiger partial charge in [0.05, 0.1) is 25.6 Å². The molecule has 0 spiro atoms. The molecule has 0 radical (unpaired) electrons. The van der Waals surface area contributed by atoms with Gasteiger partial charge in [-0.15, -0.1) is 0 Å². The molecule has 0 heterocycles. The van der Waals surface area contributed by atoms with Crippen LogP contribution in [0.5, 0.6) is 0 Å². The van der Waals surface area contributed by atoms with E-state index in [1.165, 1.54) is 26.4 Å². The second-order valence-electron chi connectivity index (χ2n) is 14.4. The van der Waals surface area contributed by atoms with Gasteiger partial charge in [0.15, 0.2) is 0 Å². The lowest BCUT2D eigenvalue weighted by Gasteiger charge is -2.30. The Balaban J connectivity index is 0.000000135. The Hall–Kier alpha value is -1.10. The van der Waals surface area contributed by atoms with E-state index in [2.05, 4.69) is 48.5 Å². The average Bonchev–Trinajstić information content (AvgIpc) is 3.74. The minimum absolute atomic E-state index is 0.0197. The first kappa shape index (κ1) is 29.9. The minimum atomic E-state index is -0.0877. The fourth-order valence-corrected chi connectivity index (χ4v) is 10.1. The van der Waals surface area contributed by atoms with Crippen LogP contribution in [0.25, 0.3) is 0 Å². The fraction of sp³-hybridized carbons (Fsp3) is 0.939. The van der Waals surface area contributed by atoms with E-state index in [4.69, 9.17) is 14.6 Å². The van der Waals surface area contributed by atoms with Crippen LogP contribution < -0.4 is 0 Å². The number of carbonyl (C=O) groups excluding carboxylic acids is 2. The number of hydrogen-bond donors (Lipinski definition) is 1. The Morgan fingerprint density at radius 2 is 1.03 bits per heavy atom. The number of aliphatic hydroxyl groups is 1.